The molecular weight excluding hydrogens is 196 g/mol. The van der Waals surface area contributed by atoms with E-state index in [0.29, 0.717) is 11.8 Å². The molecule has 0 amide bonds. The molecule has 0 aromatic rings. The summed E-state index contributed by atoms with van der Waals surface area (Å²) in [6.07, 6.45) is 0.832. The van der Waals surface area contributed by atoms with E-state index in [1.807, 2.05) is 0 Å². The number of nitrogens with two attached hydrogens (primary N) is 1. The molecule has 0 saturated carbocycles. The Morgan fingerprint density at radius 3 is 2.75 bits per heavy atom. The van der Waals surface area contributed by atoms with E-state index in [1.54, 1.807) is 0 Å². The van der Waals surface area contributed by atoms with Crippen LogP contribution in [0.25, 0.3) is 0 Å². The largest absolute Gasteiger partial charge is 0.392 e. The highest BCUT2D eigenvalue weighted by molar-refractivity contribution is 7.88. The molecule has 1 aliphatic rings. The van der Waals surface area contributed by atoms with Crippen LogP contribution in [-0.4, -0.2) is 26.8 Å². The van der Waals surface area contributed by atoms with Gasteiger partial charge in [-0.3, -0.25) is 0 Å². The fraction of sp³-hybridized carbons (Fsp3) is 0.667. The molecule has 1 radical (unpaired) electrons. The molecule has 1 heterocycles. The summed E-state index contributed by atoms with van der Waals surface area (Å²) in [4.78, 5) is 0.0598. The SMILES string of the molecule is NC(=S)[C](C1CCNC1)S(=O)O. The summed E-state index contributed by atoms with van der Waals surface area (Å²) >= 11 is 2.68. The molecule has 1 fully saturated rings. The summed E-state index contributed by atoms with van der Waals surface area (Å²) in [6.45, 7) is 1.55. The summed E-state index contributed by atoms with van der Waals surface area (Å²) in [5.74, 6) is 0.0355. The summed E-state index contributed by atoms with van der Waals surface area (Å²) in [6, 6.07) is 0. The number of nitrogens with one attached hydrogen (secondary N) is 1. The van der Waals surface area contributed by atoms with Gasteiger partial charge in [-0.15, -0.1) is 0 Å². The lowest BCUT2D eigenvalue weighted by Crippen LogP contribution is -2.30. The molecule has 0 aromatic carbocycles. The van der Waals surface area contributed by atoms with Crippen LogP contribution >= 0.6 is 12.2 Å². The number of hydrogen-bond acceptors (Lipinski definition) is 3. The van der Waals surface area contributed by atoms with Gasteiger partial charge in [0.15, 0.2) is 16.3 Å². The zero-order valence-electron chi connectivity index (χ0n) is 6.45. The predicted molar refractivity (Wildman–Crippen MR) is 51.8 cm³/mol. The molecule has 1 rings (SSSR count). The lowest BCUT2D eigenvalue weighted by molar-refractivity contribution is 0.552. The molecular formula is C6H11N2O2S2. The van der Waals surface area contributed by atoms with Crippen LogP contribution in [0.4, 0.5) is 0 Å². The maximum absolute atomic E-state index is 10.8. The molecule has 1 saturated heterocycles. The molecule has 0 aromatic heterocycles. The highest BCUT2D eigenvalue weighted by atomic mass is 32.2. The van der Waals surface area contributed by atoms with Gasteiger partial charge >= 0.3 is 0 Å². The van der Waals surface area contributed by atoms with Crippen LogP contribution in [0.5, 0.6) is 0 Å². The third-order valence-corrected chi connectivity index (χ3v) is 3.14. The lowest BCUT2D eigenvalue weighted by Gasteiger charge is -2.15. The fourth-order valence-corrected chi connectivity index (χ4v) is 2.35. The lowest BCUT2D eigenvalue weighted by atomic mass is 10.0. The molecule has 0 spiro atoms. The van der Waals surface area contributed by atoms with Crippen LogP contribution in [0.1, 0.15) is 6.42 Å². The first kappa shape index (κ1) is 10.0. The summed E-state index contributed by atoms with van der Waals surface area (Å²) in [5, 5.41) is 3.38. The van der Waals surface area contributed by atoms with Crippen molar-refractivity contribution in [3.63, 3.8) is 0 Å². The van der Waals surface area contributed by atoms with Gasteiger partial charge in [0, 0.05) is 5.92 Å². The van der Waals surface area contributed by atoms with E-state index in [9.17, 15) is 4.21 Å². The highest BCUT2D eigenvalue weighted by Crippen LogP contribution is 2.23. The minimum atomic E-state index is -2.01. The van der Waals surface area contributed by atoms with Crippen molar-refractivity contribution in [3.8, 4) is 0 Å². The topological polar surface area (TPSA) is 75.3 Å². The van der Waals surface area contributed by atoms with Crippen LogP contribution in [-0.2, 0) is 11.1 Å². The molecule has 1 aliphatic heterocycles. The molecule has 0 bridgehead atoms. The van der Waals surface area contributed by atoms with Crippen LogP contribution < -0.4 is 11.1 Å². The standard InChI is InChI=1S/C6H11N2O2S2/c7-6(11)5(12(9)10)4-1-2-8-3-4/h4,8H,1-3H2,(H2,7,11)(H,9,10). The Labute approximate surface area is 79.2 Å². The Balaban J connectivity index is 2.64. The Bertz CT molecular complexity index is 190. The second kappa shape index (κ2) is 4.27. The minimum Gasteiger partial charge on any atom is -0.392 e. The Morgan fingerprint density at radius 2 is 2.42 bits per heavy atom. The van der Waals surface area contributed by atoms with Gasteiger partial charge in [0.2, 0.25) is 0 Å². The van der Waals surface area contributed by atoms with Crippen LogP contribution in [0.2, 0.25) is 0 Å². The molecule has 4 nitrogen and oxygen atoms in total. The molecule has 4 N–H and O–H groups in total. The van der Waals surface area contributed by atoms with E-state index in [4.69, 9.17) is 10.3 Å². The molecule has 2 unspecified atom stereocenters. The van der Waals surface area contributed by atoms with E-state index in [1.165, 1.54) is 0 Å². The molecule has 12 heavy (non-hydrogen) atoms. The Morgan fingerprint density at radius 1 is 1.75 bits per heavy atom. The molecule has 2 atom stereocenters. The van der Waals surface area contributed by atoms with E-state index in [0.717, 1.165) is 13.0 Å². The average Bonchev–Trinajstić information content (AvgIpc) is 2.37. The fourth-order valence-electron chi connectivity index (χ4n) is 1.31. The monoisotopic (exact) mass is 207 g/mol. The summed E-state index contributed by atoms with van der Waals surface area (Å²) < 4.78 is 19.7. The number of rotatable bonds is 3. The second-order valence-electron chi connectivity index (χ2n) is 2.67. The van der Waals surface area contributed by atoms with E-state index < -0.39 is 11.1 Å². The maximum Gasteiger partial charge on any atom is 0.168 e. The van der Waals surface area contributed by atoms with Gasteiger partial charge < -0.3 is 15.6 Å². The van der Waals surface area contributed by atoms with Gasteiger partial charge in [0.25, 0.3) is 0 Å². The van der Waals surface area contributed by atoms with Crippen molar-refractivity contribution in [3.05, 3.63) is 5.25 Å². The zero-order valence-corrected chi connectivity index (χ0v) is 8.08. The van der Waals surface area contributed by atoms with Crippen molar-refractivity contribution >= 4 is 28.3 Å². The van der Waals surface area contributed by atoms with Gasteiger partial charge in [-0.1, -0.05) is 12.2 Å². The highest BCUT2D eigenvalue weighted by Gasteiger charge is 2.32. The maximum atomic E-state index is 10.8. The van der Waals surface area contributed by atoms with Crippen LogP contribution in [0.15, 0.2) is 0 Å². The molecule has 6 heteroatoms. The predicted octanol–water partition coefficient (Wildman–Crippen LogP) is -0.364. The summed E-state index contributed by atoms with van der Waals surface area (Å²) in [5.41, 5.74) is 5.33. The van der Waals surface area contributed by atoms with Crippen molar-refractivity contribution in [2.24, 2.45) is 11.7 Å². The summed E-state index contributed by atoms with van der Waals surface area (Å²) in [7, 11) is 0. The van der Waals surface area contributed by atoms with Gasteiger partial charge in [-0.2, -0.15) is 0 Å². The minimum absolute atomic E-state index is 0.0355. The number of thiocarbonyl (C=S) groups is 1. The number of hydrogen-bond donors (Lipinski definition) is 3. The van der Waals surface area contributed by atoms with Crippen molar-refractivity contribution in [1.82, 2.24) is 5.32 Å². The smallest absolute Gasteiger partial charge is 0.168 e. The molecule has 69 valence electrons. The Hall–Kier alpha value is -0.0400. The first-order valence-electron chi connectivity index (χ1n) is 3.61. The van der Waals surface area contributed by atoms with E-state index in [2.05, 4.69) is 17.5 Å². The third-order valence-electron chi connectivity index (χ3n) is 1.86. The van der Waals surface area contributed by atoms with E-state index in [-0.39, 0.29) is 10.9 Å². The molecule has 0 aliphatic carbocycles. The van der Waals surface area contributed by atoms with Crippen LogP contribution in [0.3, 0.4) is 0 Å². The zero-order chi connectivity index (χ0) is 9.14. The quantitative estimate of drug-likeness (QED) is 0.435. The Kier molecular flexibility index (Phi) is 3.57. The van der Waals surface area contributed by atoms with Crippen LogP contribution in [0, 0.1) is 11.2 Å². The first-order chi connectivity index (χ1) is 5.63. The average molecular weight is 207 g/mol. The van der Waals surface area contributed by atoms with E-state index >= 15 is 0 Å². The second-order valence-corrected chi connectivity index (χ2v) is 4.05. The first-order valence-corrected chi connectivity index (χ1v) is 5.12. The van der Waals surface area contributed by atoms with Gasteiger partial charge in [0.05, 0.1) is 4.99 Å². The normalized spacial score (nSPS) is 26.0. The van der Waals surface area contributed by atoms with Gasteiger partial charge in [-0.25, -0.2) is 4.21 Å². The van der Waals surface area contributed by atoms with Crippen molar-refractivity contribution in [1.29, 1.82) is 0 Å². The third kappa shape index (κ3) is 2.22. The van der Waals surface area contributed by atoms with Gasteiger partial charge in [0.1, 0.15) is 0 Å². The van der Waals surface area contributed by atoms with Crippen molar-refractivity contribution < 1.29 is 8.76 Å². The van der Waals surface area contributed by atoms with Gasteiger partial charge in [-0.05, 0) is 19.5 Å². The van der Waals surface area contributed by atoms with Crippen molar-refractivity contribution in [2.75, 3.05) is 13.1 Å². The van der Waals surface area contributed by atoms with Crippen molar-refractivity contribution in [2.45, 2.75) is 6.42 Å².